The largest absolute Gasteiger partial charge is 0.350 e. The first-order chi connectivity index (χ1) is 7.42. The van der Waals surface area contributed by atoms with Gasteiger partial charge in [-0.3, -0.25) is 4.98 Å². The van der Waals surface area contributed by atoms with Gasteiger partial charge in [0.05, 0.1) is 35.0 Å². The Balaban J connectivity index is 2.23. The second-order valence-electron chi connectivity index (χ2n) is 3.63. The van der Waals surface area contributed by atoms with E-state index in [0.29, 0.717) is 0 Å². The Morgan fingerprint density at radius 1 is 1.13 bits per heavy atom. The van der Waals surface area contributed by atoms with Crippen LogP contribution < -0.4 is 5.32 Å². The van der Waals surface area contributed by atoms with Crippen molar-refractivity contribution >= 4 is 22.3 Å². The Hall–Kier alpha value is -2.23. The molecular weight excluding hydrogens is 188 g/mol. The molecule has 1 aromatic rings. The van der Waals surface area contributed by atoms with Crippen LogP contribution in [0.2, 0.25) is 0 Å². The maximum atomic E-state index is 4.36. The van der Waals surface area contributed by atoms with E-state index in [0.717, 1.165) is 27.8 Å². The lowest BCUT2D eigenvalue weighted by Gasteiger charge is -1.86. The van der Waals surface area contributed by atoms with Crippen molar-refractivity contribution in [3.05, 3.63) is 30.6 Å². The van der Waals surface area contributed by atoms with Crippen LogP contribution in [0.5, 0.6) is 0 Å². The van der Waals surface area contributed by atoms with Gasteiger partial charge in [0.2, 0.25) is 0 Å². The smallest absolute Gasteiger partial charge is 0.0946 e. The predicted molar refractivity (Wildman–Crippen MR) is 57.2 cm³/mol. The van der Waals surface area contributed by atoms with Crippen molar-refractivity contribution < 1.29 is 0 Å². The summed E-state index contributed by atoms with van der Waals surface area (Å²) < 4.78 is 0. The van der Waals surface area contributed by atoms with Crippen molar-refractivity contribution in [1.29, 1.82) is 0 Å². The number of nitrogens with one attached hydrogen (secondary N) is 1. The monoisotopic (exact) mass is 194 g/mol. The molecule has 0 saturated carbocycles. The molecule has 4 nitrogen and oxygen atoms in total. The van der Waals surface area contributed by atoms with Gasteiger partial charge in [0, 0.05) is 10.9 Å². The minimum atomic E-state index is 0.905. The van der Waals surface area contributed by atoms with Gasteiger partial charge in [-0.05, 0) is 18.2 Å². The predicted octanol–water partition coefficient (Wildman–Crippen LogP) is 2.19. The van der Waals surface area contributed by atoms with E-state index in [1.165, 1.54) is 5.69 Å². The van der Waals surface area contributed by atoms with Crippen molar-refractivity contribution in [3.8, 4) is 11.3 Å². The van der Waals surface area contributed by atoms with E-state index in [-0.39, 0.29) is 0 Å². The van der Waals surface area contributed by atoms with E-state index in [1.807, 2.05) is 18.3 Å². The maximum Gasteiger partial charge on any atom is 0.0946 e. The zero-order chi connectivity index (χ0) is 9.83. The molecule has 0 bridgehead atoms. The highest BCUT2D eigenvalue weighted by Crippen LogP contribution is 2.43. The molecule has 1 N–H and O–H groups in total. The molecule has 15 heavy (non-hydrogen) atoms. The Morgan fingerprint density at radius 2 is 2.13 bits per heavy atom. The van der Waals surface area contributed by atoms with Crippen LogP contribution in [-0.4, -0.2) is 15.2 Å². The van der Waals surface area contributed by atoms with Crippen molar-refractivity contribution in [2.24, 2.45) is 0 Å². The number of aromatic nitrogens is 3. The van der Waals surface area contributed by atoms with Crippen LogP contribution in [0, 0.1) is 0 Å². The first-order valence-electron chi connectivity index (χ1n) is 4.73. The molecule has 3 heterocycles. The lowest BCUT2D eigenvalue weighted by Crippen LogP contribution is -1.67. The van der Waals surface area contributed by atoms with E-state index in [1.54, 1.807) is 6.20 Å². The molecular formula is C11H6N4. The molecule has 1 aliphatic carbocycles. The van der Waals surface area contributed by atoms with Gasteiger partial charge in [-0.25, -0.2) is 0 Å². The molecule has 0 aromatic carbocycles. The number of hydrogen-bond acceptors (Lipinski definition) is 4. The third-order valence-electron chi connectivity index (χ3n) is 2.70. The highest BCUT2D eigenvalue weighted by atomic mass is 15.1. The van der Waals surface area contributed by atoms with Gasteiger partial charge < -0.3 is 5.32 Å². The van der Waals surface area contributed by atoms with Crippen molar-refractivity contribution in [2.75, 3.05) is 5.32 Å². The van der Waals surface area contributed by atoms with E-state index < -0.39 is 0 Å². The summed E-state index contributed by atoms with van der Waals surface area (Å²) >= 11 is 0. The van der Waals surface area contributed by atoms with E-state index in [9.17, 15) is 0 Å². The molecule has 0 amide bonds. The van der Waals surface area contributed by atoms with E-state index >= 15 is 0 Å². The summed E-state index contributed by atoms with van der Waals surface area (Å²) in [5, 5.41) is 12.3. The summed E-state index contributed by atoms with van der Waals surface area (Å²) in [5.74, 6) is 0. The molecule has 70 valence electrons. The van der Waals surface area contributed by atoms with Crippen molar-refractivity contribution in [3.63, 3.8) is 0 Å². The van der Waals surface area contributed by atoms with Crippen molar-refractivity contribution in [1.82, 2.24) is 15.2 Å². The van der Waals surface area contributed by atoms with Gasteiger partial charge >= 0.3 is 0 Å². The first kappa shape index (κ1) is 7.11. The molecule has 0 spiro atoms. The summed E-state index contributed by atoms with van der Waals surface area (Å²) in [6, 6.07) is 6.01. The standard InChI is InChI=1S/C11H6N4/c1-2-9-7(11-10(14-11)5-12-9)3-6-4-13-15-8(1)6/h1-5,14H. The fourth-order valence-electron chi connectivity index (χ4n) is 1.85. The Bertz CT molecular complexity index is 662. The zero-order valence-corrected chi connectivity index (χ0v) is 7.73. The van der Waals surface area contributed by atoms with Gasteiger partial charge in [0.1, 0.15) is 0 Å². The molecule has 0 unspecified atom stereocenters. The molecule has 2 aliphatic heterocycles. The quantitative estimate of drug-likeness (QED) is 0.436. The summed E-state index contributed by atoms with van der Waals surface area (Å²) in [7, 11) is 0. The number of rotatable bonds is 0. The van der Waals surface area contributed by atoms with E-state index in [4.69, 9.17) is 0 Å². The van der Waals surface area contributed by atoms with Gasteiger partial charge in [-0.1, -0.05) is 0 Å². The fraction of sp³-hybridized carbons (Fsp3) is 0. The highest BCUT2D eigenvalue weighted by molar-refractivity contribution is 6.09. The number of anilines is 2. The highest BCUT2D eigenvalue weighted by Gasteiger charge is 2.20. The minimum Gasteiger partial charge on any atom is -0.350 e. The lowest BCUT2D eigenvalue weighted by atomic mass is 10.2. The molecule has 0 atom stereocenters. The zero-order valence-electron chi connectivity index (χ0n) is 7.73. The average molecular weight is 194 g/mol. The van der Waals surface area contributed by atoms with Gasteiger partial charge in [0.15, 0.2) is 0 Å². The number of fused-ring (bicyclic) bond motifs is 4. The molecule has 0 saturated heterocycles. The Kier molecular flexibility index (Phi) is 1.06. The van der Waals surface area contributed by atoms with Crippen LogP contribution in [0.4, 0.5) is 11.4 Å². The van der Waals surface area contributed by atoms with Crippen LogP contribution in [0.15, 0.2) is 30.6 Å². The summed E-state index contributed by atoms with van der Waals surface area (Å²) in [5.41, 5.74) is 5.24. The Morgan fingerprint density at radius 3 is 3.13 bits per heavy atom. The summed E-state index contributed by atoms with van der Waals surface area (Å²) in [6.07, 6.45) is 3.63. The summed E-state index contributed by atoms with van der Waals surface area (Å²) in [4.78, 5) is 4.36. The molecule has 0 fully saturated rings. The minimum absolute atomic E-state index is 0.905. The molecule has 0 radical (unpaired) electrons. The van der Waals surface area contributed by atoms with E-state index in [2.05, 4.69) is 26.6 Å². The topological polar surface area (TPSA) is 60.6 Å². The third-order valence-corrected chi connectivity index (χ3v) is 2.70. The van der Waals surface area contributed by atoms with Gasteiger partial charge in [-0.2, -0.15) is 10.2 Å². The average Bonchev–Trinajstić information content (AvgIpc) is 2.95. The maximum absolute atomic E-state index is 4.36. The normalized spacial score (nSPS) is 12.5. The number of hydrogen-bond donors (Lipinski definition) is 1. The number of nitrogens with zero attached hydrogens (tertiary/aromatic N) is 3. The molecule has 4 heteroatoms. The molecule has 3 aliphatic rings. The third kappa shape index (κ3) is 0.878. The van der Waals surface area contributed by atoms with Crippen LogP contribution in [0.1, 0.15) is 0 Å². The second kappa shape index (κ2) is 2.23. The molecule has 4 rings (SSSR count). The fourth-order valence-corrected chi connectivity index (χ4v) is 1.85. The van der Waals surface area contributed by atoms with Crippen LogP contribution >= 0.6 is 0 Å². The molecule has 1 aromatic heterocycles. The van der Waals surface area contributed by atoms with Crippen molar-refractivity contribution in [2.45, 2.75) is 0 Å². The van der Waals surface area contributed by atoms with Crippen LogP contribution in [-0.2, 0) is 0 Å². The van der Waals surface area contributed by atoms with Crippen LogP contribution in [0.25, 0.3) is 22.2 Å². The van der Waals surface area contributed by atoms with Gasteiger partial charge in [-0.15, -0.1) is 0 Å². The first-order valence-corrected chi connectivity index (χ1v) is 4.73. The number of pyridine rings is 1. The van der Waals surface area contributed by atoms with Crippen LogP contribution in [0.3, 0.4) is 0 Å². The second-order valence-corrected chi connectivity index (χ2v) is 3.63. The SMILES string of the molecule is c1nnc2ccc3ncc4c(c3cc1-2)N4. The van der Waals surface area contributed by atoms with Gasteiger partial charge in [0.25, 0.3) is 0 Å². The Labute approximate surface area is 85.3 Å². The lowest BCUT2D eigenvalue weighted by molar-refractivity contribution is 1.10. The summed E-state index contributed by atoms with van der Waals surface area (Å²) in [6.45, 7) is 0.